The molecule has 0 aliphatic rings. The third-order valence-electron chi connectivity index (χ3n) is 3.21. The first-order chi connectivity index (χ1) is 9.99. The van der Waals surface area contributed by atoms with Gasteiger partial charge in [-0.1, -0.05) is 40.2 Å². The average Bonchev–Trinajstić information content (AvgIpc) is 2.46. The Morgan fingerprint density at radius 3 is 2.19 bits per heavy atom. The number of hydrogen-bond donors (Lipinski definition) is 2. The Morgan fingerprint density at radius 1 is 0.905 bits per heavy atom. The van der Waals surface area contributed by atoms with E-state index in [2.05, 4.69) is 15.9 Å². The molecule has 108 valence electrons. The van der Waals surface area contributed by atoms with E-state index in [4.69, 9.17) is 5.11 Å². The van der Waals surface area contributed by atoms with Crippen molar-refractivity contribution < 1.29 is 19.8 Å². The normalized spacial score (nSPS) is 10.3. The highest BCUT2D eigenvalue weighted by Gasteiger charge is 2.14. The summed E-state index contributed by atoms with van der Waals surface area (Å²) >= 11 is 3.45. The summed E-state index contributed by atoms with van der Waals surface area (Å²) in [6.45, 7) is 0. The summed E-state index contributed by atoms with van der Waals surface area (Å²) in [5.74, 6) is -2.24. The highest BCUT2D eigenvalue weighted by atomic mass is 79.9. The molecular formula is C16H13BrO4. The maximum absolute atomic E-state index is 11.3. The van der Waals surface area contributed by atoms with Crippen molar-refractivity contribution in [3.8, 4) is 0 Å². The molecule has 0 saturated heterocycles. The molecule has 0 heterocycles. The lowest BCUT2D eigenvalue weighted by molar-refractivity contribution is 0.0695. The number of halogens is 1. The SMILES string of the molecule is O=C(O)c1ccc(CCc2ccccc2Br)c(C(=O)O)c1. The van der Waals surface area contributed by atoms with Crippen LogP contribution < -0.4 is 0 Å². The van der Waals surface area contributed by atoms with Crippen molar-refractivity contribution >= 4 is 27.9 Å². The number of carboxylic acids is 2. The number of aromatic carboxylic acids is 2. The van der Waals surface area contributed by atoms with Gasteiger partial charge in [-0.15, -0.1) is 0 Å². The van der Waals surface area contributed by atoms with Crippen LogP contribution in [0, 0.1) is 0 Å². The van der Waals surface area contributed by atoms with Gasteiger partial charge in [0.05, 0.1) is 11.1 Å². The molecule has 2 N–H and O–H groups in total. The molecule has 0 fully saturated rings. The Balaban J connectivity index is 2.26. The zero-order valence-electron chi connectivity index (χ0n) is 11.0. The molecule has 0 aromatic heterocycles. The first kappa shape index (κ1) is 15.3. The van der Waals surface area contributed by atoms with Gasteiger partial charge < -0.3 is 10.2 Å². The monoisotopic (exact) mass is 348 g/mol. The van der Waals surface area contributed by atoms with Gasteiger partial charge in [-0.2, -0.15) is 0 Å². The van der Waals surface area contributed by atoms with Crippen molar-refractivity contribution in [1.82, 2.24) is 0 Å². The van der Waals surface area contributed by atoms with Gasteiger partial charge in [-0.25, -0.2) is 9.59 Å². The number of aryl methyl sites for hydroxylation is 2. The lowest BCUT2D eigenvalue weighted by atomic mass is 9.98. The van der Waals surface area contributed by atoms with Gasteiger partial charge in [0.15, 0.2) is 0 Å². The van der Waals surface area contributed by atoms with Gasteiger partial charge >= 0.3 is 11.9 Å². The van der Waals surface area contributed by atoms with E-state index < -0.39 is 11.9 Å². The van der Waals surface area contributed by atoms with E-state index in [1.165, 1.54) is 12.1 Å². The minimum Gasteiger partial charge on any atom is -0.478 e. The zero-order valence-corrected chi connectivity index (χ0v) is 12.6. The first-order valence-corrected chi connectivity index (χ1v) is 7.11. The second-order valence-electron chi connectivity index (χ2n) is 4.57. The second kappa shape index (κ2) is 6.54. The molecule has 0 unspecified atom stereocenters. The lowest BCUT2D eigenvalue weighted by Gasteiger charge is -2.08. The molecule has 2 rings (SSSR count). The molecule has 0 amide bonds. The minimum absolute atomic E-state index is 0.0166. The number of benzene rings is 2. The summed E-state index contributed by atoms with van der Waals surface area (Å²) in [5.41, 5.74) is 1.73. The van der Waals surface area contributed by atoms with Gasteiger partial charge in [0.2, 0.25) is 0 Å². The molecule has 0 aliphatic heterocycles. The minimum atomic E-state index is -1.13. The van der Waals surface area contributed by atoms with E-state index in [0.717, 1.165) is 10.0 Å². The van der Waals surface area contributed by atoms with Crippen molar-refractivity contribution in [2.75, 3.05) is 0 Å². The fraction of sp³-hybridized carbons (Fsp3) is 0.125. The first-order valence-electron chi connectivity index (χ1n) is 6.32. The maximum Gasteiger partial charge on any atom is 0.335 e. The number of carbonyl (C=O) groups is 2. The molecule has 0 atom stereocenters. The fourth-order valence-corrected chi connectivity index (χ4v) is 2.58. The number of hydrogen-bond acceptors (Lipinski definition) is 2. The molecule has 0 aliphatic carbocycles. The number of rotatable bonds is 5. The third-order valence-corrected chi connectivity index (χ3v) is 3.98. The second-order valence-corrected chi connectivity index (χ2v) is 5.43. The molecule has 4 nitrogen and oxygen atoms in total. The van der Waals surface area contributed by atoms with Crippen molar-refractivity contribution in [2.24, 2.45) is 0 Å². The summed E-state index contributed by atoms with van der Waals surface area (Å²) < 4.78 is 0.976. The van der Waals surface area contributed by atoms with Gasteiger partial charge in [0.1, 0.15) is 0 Å². The van der Waals surface area contributed by atoms with E-state index in [1.807, 2.05) is 24.3 Å². The van der Waals surface area contributed by atoms with E-state index >= 15 is 0 Å². The Labute approximate surface area is 130 Å². The van der Waals surface area contributed by atoms with Crippen LogP contribution in [-0.4, -0.2) is 22.2 Å². The summed E-state index contributed by atoms with van der Waals surface area (Å²) in [4.78, 5) is 22.2. The van der Waals surface area contributed by atoms with Gasteiger partial charge in [-0.05, 0) is 42.2 Å². The van der Waals surface area contributed by atoms with Crippen LogP contribution in [0.5, 0.6) is 0 Å². The van der Waals surface area contributed by atoms with Crippen LogP contribution >= 0.6 is 15.9 Å². The van der Waals surface area contributed by atoms with E-state index in [9.17, 15) is 14.7 Å². The van der Waals surface area contributed by atoms with Crippen LogP contribution in [-0.2, 0) is 12.8 Å². The Morgan fingerprint density at radius 2 is 1.57 bits per heavy atom. The summed E-state index contributed by atoms with van der Waals surface area (Å²) in [7, 11) is 0. The highest BCUT2D eigenvalue weighted by Crippen LogP contribution is 2.20. The molecule has 2 aromatic carbocycles. The van der Waals surface area contributed by atoms with Gasteiger partial charge in [0, 0.05) is 4.47 Å². The maximum atomic E-state index is 11.3. The van der Waals surface area contributed by atoms with Crippen LogP contribution in [0.3, 0.4) is 0 Å². The molecular weight excluding hydrogens is 336 g/mol. The molecule has 0 radical (unpaired) electrons. The zero-order chi connectivity index (χ0) is 15.4. The van der Waals surface area contributed by atoms with E-state index in [-0.39, 0.29) is 11.1 Å². The van der Waals surface area contributed by atoms with E-state index in [0.29, 0.717) is 18.4 Å². The predicted octanol–water partition coefficient (Wildman–Crippen LogP) is 3.63. The fourth-order valence-electron chi connectivity index (χ4n) is 2.10. The molecule has 2 aromatic rings. The molecule has 5 heteroatoms. The highest BCUT2D eigenvalue weighted by molar-refractivity contribution is 9.10. The van der Waals surface area contributed by atoms with Gasteiger partial charge in [0.25, 0.3) is 0 Å². The molecule has 0 saturated carbocycles. The Bertz CT molecular complexity index is 694. The quantitative estimate of drug-likeness (QED) is 0.864. The largest absolute Gasteiger partial charge is 0.478 e. The Hall–Kier alpha value is -2.14. The smallest absolute Gasteiger partial charge is 0.335 e. The van der Waals surface area contributed by atoms with Crippen LogP contribution in [0.4, 0.5) is 0 Å². The van der Waals surface area contributed by atoms with E-state index in [1.54, 1.807) is 6.07 Å². The lowest BCUT2D eigenvalue weighted by Crippen LogP contribution is -2.07. The number of carboxylic acid groups (broad SMARTS) is 2. The standard InChI is InChI=1S/C16H13BrO4/c17-14-4-2-1-3-11(14)7-5-10-6-8-12(15(18)19)9-13(10)16(20)21/h1-4,6,8-9H,5,7H2,(H,18,19)(H,20,21). The predicted molar refractivity (Wildman–Crippen MR) is 81.9 cm³/mol. The van der Waals surface area contributed by atoms with Crippen LogP contribution in [0.15, 0.2) is 46.9 Å². The van der Waals surface area contributed by atoms with Crippen molar-refractivity contribution in [3.05, 3.63) is 69.2 Å². The van der Waals surface area contributed by atoms with Crippen molar-refractivity contribution in [2.45, 2.75) is 12.8 Å². The topological polar surface area (TPSA) is 74.6 Å². The van der Waals surface area contributed by atoms with Crippen LogP contribution in [0.25, 0.3) is 0 Å². The van der Waals surface area contributed by atoms with Crippen molar-refractivity contribution in [1.29, 1.82) is 0 Å². The van der Waals surface area contributed by atoms with Gasteiger partial charge in [-0.3, -0.25) is 0 Å². The summed E-state index contributed by atoms with van der Waals surface area (Å²) in [5, 5.41) is 18.1. The van der Waals surface area contributed by atoms with Crippen LogP contribution in [0.1, 0.15) is 31.8 Å². The third kappa shape index (κ3) is 3.70. The van der Waals surface area contributed by atoms with Crippen LogP contribution in [0.2, 0.25) is 0 Å². The summed E-state index contributed by atoms with van der Waals surface area (Å²) in [6, 6.07) is 12.0. The summed E-state index contributed by atoms with van der Waals surface area (Å²) in [6.07, 6.45) is 1.21. The molecule has 0 bridgehead atoms. The molecule has 21 heavy (non-hydrogen) atoms. The average molecular weight is 349 g/mol. The Kier molecular flexibility index (Phi) is 4.75. The molecule has 0 spiro atoms. The van der Waals surface area contributed by atoms with Crippen molar-refractivity contribution in [3.63, 3.8) is 0 Å².